The number of piperidine rings is 1. The topological polar surface area (TPSA) is 101 Å². The van der Waals surface area contributed by atoms with Crippen molar-refractivity contribution in [1.82, 2.24) is 9.80 Å². The molecule has 0 unspecified atom stereocenters. The molecule has 7 nitrogen and oxygen atoms in total. The van der Waals surface area contributed by atoms with Crippen LogP contribution in [0.25, 0.3) is 0 Å². The molecular weight excluding hydrogens is 322 g/mol. The zero-order valence-corrected chi connectivity index (χ0v) is 13.7. The first-order valence-electron chi connectivity index (χ1n) is 8.58. The van der Waals surface area contributed by atoms with Gasteiger partial charge in [-0.25, -0.2) is 0 Å². The van der Waals surface area contributed by atoms with E-state index >= 15 is 0 Å². The average Bonchev–Trinajstić information content (AvgIpc) is 3.42. The Morgan fingerprint density at radius 3 is 2.20 bits per heavy atom. The van der Waals surface area contributed by atoms with Crippen molar-refractivity contribution in [2.24, 2.45) is 11.7 Å². The maximum Gasteiger partial charge on any atom is 0.261 e. The van der Waals surface area contributed by atoms with Crippen LogP contribution in [0.3, 0.4) is 0 Å². The number of fused-ring (bicyclic) bond motifs is 1. The van der Waals surface area contributed by atoms with Crippen LogP contribution in [-0.2, 0) is 4.79 Å². The second-order valence-electron chi connectivity index (χ2n) is 6.94. The maximum atomic E-state index is 12.7. The largest absolute Gasteiger partial charge is 0.369 e. The van der Waals surface area contributed by atoms with E-state index in [0.29, 0.717) is 42.6 Å². The van der Waals surface area contributed by atoms with Gasteiger partial charge in [-0.2, -0.15) is 0 Å². The number of hydrogen-bond donors (Lipinski definition) is 1. The van der Waals surface area contributed by atoms with E-state index in [1.807, 2.05) is 0 Å². The highest BCUT2D eigenvalue weighted by Gasteiger charge is 2.44. The van der Waals surface area contributed by atoms with Gasteiger partial charge in [-0.1, -0.05) is 0 Å². The average molecular weight is 341 g/mol. The lowest BCUT2D eigenvalue weighted by Gasteiger charge is -2.30. The van der Waals surface area contributed by atoms with Gasteiger partial charge in [-0.05, 0) is 43.9 Å². The number of carbonyl (C=O) groups is 4. The summed E-state index contributed by atoms with van der Waals surface area (Å²) in [6.07, 6.45) is 2.82. The minimum absolute atomic E-state index is 0.0133. The van der Waals surface area contributed by atoms with E-state index in [9.17, 15) is 19.2 Å². The smallest absolute Gasteiger partial charge is 0.261 e. The molecule has 1 saturated carbocycles. The molecule has 1 aliphatic carbocycles. The molecule has 2 N–H and O–H groups in total. The molecule has 2 aliphatic heterocycles. The molecule has 4 rings (SSSR count). The number of benzene rings is 1. The van der Waals surface area contributed by atoms with Crippen LogP contribution in [0.2, 0.25) is 0 Å². The van der Waals surface area contributed by atoms with Crippen molar-refractivity contribution < 1.29 is 19.2 Å². The third-order valence-electron chi connectivity index (χ3n) is 5.26. The first-order chi connectivity index (χ1) is 12.0. The summed E-state index contributed by atoms with van der Waals surface area (Å²) < 4.78 is 0. The van der Waals surface area contributed by atoms with Gasteiger partial charge in [-0.3, -0.25) is 24.1 Å². The van der Waals surface area contributed by atoms with E-state index in [-0.39, 0.29) is 35.6 Å². The summed E-state index contributed by atoms with van der Waals surface area (Å²) in [6.45, 7) is 0.926. The monoisotopic (exact) mass is 341 g/mol. The number of amides is 4. The number of hydrogen-bond acceptors (Lipinski definition) is 4. The molecule has 1 aromatic rings. The van der Waals surface area contributed by atoms with Gasteiger partial charge in [-0.15, -0.1) is 0 Å². The van der Waals surface area contributed by atoms with E-state index < -0.39 is 0 Å². The molecule has 0 atom stereocenters. The Labute approximate surface area is 144 Å². The van der Waals surface area contributed by atoms with Gasteiger partial charge in [0, 0.05) is 30.6 Å². The number of nitrogens with two attached hydrogens (primary N) is 1. The zero-order valence-electron chi connectivity index (χ0n) is 13.7. The fourth-order valence-corrected chi connectivity index (χ4v) is 3.61. The number of rotatable bonds is 3. The standard InChI is InChI=1S/C18H19N3O4/c19-15(22)10-5-7-20(8-6-10)16(23)11-1-4-13-14(9-11)18(25)21(17(13)24)12-2-3-12/h1,4,9-10,12H,2-3,5-8H2,(H2,19,22). The van der Waals surface area contributed by atoms with Gasteiger partial charge in [0.15, 0.2) is 0 Å². The Morgan fingerprint density at radius 2 is 1.60 bits per heavy atom. The van der Waals surface area contributed by atoms with E-state index in [4.69, 9.17) is 5.73 Å². The van der Waals surface area contributed by atoms with E-state index in [1.165, 1.54) is 11.0 Å². The van der Waals surface area contributed by atoms with Crippen molar-refractivity contribution in [3.63, 3.8) is 0 Å². The summed E-state index contributed by atoms with van der Waals surface area (Å²) in [4.78, 5) is 51.7. The van der Waals surface area contributed by atoms with Gasteiger partial charge in [0.25, 0.3) is 17.7 Å². The summed E-state index contributed by atoms with van der Waals surface area (Å²) in [7, 11) is 0. The minimum Gasteiger partial charge on any atom is -0.369 e. The molecule has 2 heterocycles. The molecule has 130 valence electrons. The highest BCUT2D eigenvalue weighted by atomic mass is 16.2. The Hall–Kier alpha value is -2.70. The van der Waals surface area contributed by atoms with Gasteiger partial charge in [0.2, 0.25) is 5.91 Å². The van der Waals surface area contributed by atoms with Crippen molar-refractivity contribution in [3.8, 4) is 0 Å². The lowest BCUT2D eigenvalue weighted by Crippen LogP contribution is -2.41. The SMILES string of the molecule is NC(=O)C1CCN(C(=O)c2ccc3c(c2)C(=O)N(C2CC2)C3=O)CC1. The number of likely N-dealkylation sites (tertiary alicyclic amines) is 1. The second kappa shape index (κ2) is 5.68. The van der Waals surface area contributed by atoms with E-state index in [1.54, 1.807) is 17.0 Å². The Bertz CT molecular complexity index is 792. The minimum atomic E-state index is -0.325. The summed E-state index contributed by atoms with van der Waals surface area (Å²) in [5, 5.41) is 0. The summed E-state index contributed by atoms with van der Waals surface area (Å²) in [6, 6.07) is 4.71. The number of imide groups is 1. The fourth-order valence-electron chi connectivity index (χ4n) is 3.61. The van der Waals surface area contributed by atoms with Crippen molar-refractivity contribution >= 4 is 23.6 Å². The lowest BCUT2D eigenvalue weighted by molar-refractivity contribution is -0.123. The summed E-state index contributed by atoms with van der Waals surface area (Å²) >= 11 is 0. The van der Waals surface area contributed by atoms with Crippen LogP contribution in [0.5, 0.6) is 0 Å². The Kier molecular flexibility index (Phi) is 3.59. The van der Waals surface area contributed by atoms with Gasteiger partial charge in [0.1, 0.15) is 0 Å². The van der Waals surface area contributed by atoms with Crippen LogP contribution < -0.4 is 5.73 Å². The normalized spacial score (nSPS) is 20.8. The summed E-state index contributed by atoms with van der Waals surface area (Å²) in [5.41, 5.74) is 6.40. The lowest BCUT2D eigenvalue weighted by atomic mass is 9.95. The van der Waals surface area contributed by atoms with Crippen LogP contribution in [0.1, 0.15) is 56.8 Å². The predicted molar refractivity (Wildman–Crippen MR) is 87.8 cm³/mol. The Balaban J connectivity index is 1.53. The molecule has 1 aromatic carbocycles. The molecule has 7 heteroatoms. The molecular formula is C18H19N3O4. The zero-order chi connectivity index (χ0) is 17.7. The third kappa shape index (κ3) is 2.59. The van der Waals surface area contributed by atoms with Crippen molar-refractivity contribution in [2.75, 3.05) is 13.1 Å². The molecule has 0 spiro atoms. The van der Waals surface area contributed by atoms with Gasteiger partial charge in [0.05, 0.1) is 11.1 Å². The van der Waals surface area contributed by atoms with Crippen molar-refractivity contribution in [1.29, 1.82) is 0 Å². The maximum absolute atomic E-state index is 12.7. The first kappa shape index (κ1) is 15.8. The molecule has 1 saturated heterocycles. The molecule has 0 radical (unpaired) electrons. The fraction of sp³-hybridized carbons (Fsp3) is 0.444. The first-order valence-corrected chi connectivity index (χ1v) is 8.58. The highest BCUT2D eigenvalue weighted by molar-refractivity contribution is 6.22. The van der Waals surface area contributed by atoms with Crippen LogP contribution in [0, 0.1) is 5.92 Å². The predicted octanol–water partition coefficient (Wildman–Crippen LogP) is 0.782. The quantitative estimate of drug-likeness (QED) is 0.821. The van der Waals surface area contributed by atoms with Crippen molar-refractivity contribution in [3.05, 3.63) is 34.9 Å². The van der Waals surface area contributed by atoms with Crippen LogP contribution >= 0.6 is 0 Å². The highest BCUT2D eigenvalue weighted by Crippen LogP contribution is 2.35. The third-order valence-corrected chi connectivity index (χ3v) is 5.26. The number of carbonyl (C=O) groups excluding carboxylic acids is 4. The second-order valence-corrected chi connectivity index (χ2v) is 6.94. The molecule has 0 aromatic heterocycles. The van der Waals surface area contributed by atoms with E-state index in [0.717, 1.165) is 12.8 Å². The van der Waals surface area contributed by atoms with Gasteiger partial charge >= 0.3 is 0 Å². The Morgan fingerprint density at radius 1 is 0.960 bits per heavy atom. The van der Waals surface area contributed by atoms with E-state index in [2.05, 4.69) is 0 Å². The molecule has 25 heavy (non-hydrogen) atoms. The van der Waals surface area contributed by atoms with Crippen molar-refractivity contribution in [2.45, 2.75) is 31.7 Å². The van der Waals surface area contributed by atoms with Crippen LogP contribution in [0.4, 0.5) is 0 Å². The van der Waals surface area contributed by atoms with Crippen LogP contribution in [0.15, 0.2) is 18.2 Å². The molecule has 0 bridgehead atoms. The number of primary amides is 1. The number of nitrogens with zero attached hydrogens (tertiary/aromatic N) is 2. The summed E-state index contributed by atoms with van der Waals surface area (Å²) in [5.74, 6) is -1.26. The molecule has 3 aliphatic rings. The molecule has 4 amide bonds. The molecule has 2 fully saturated rings. The van der Waals surface area contributed by atoms with Crippen LogP contribution in [-0.4, -0.2) is 52.6 Å². The van der Waals surface area contributed by atoms with Gasteiger partial charge < -0.3 is 10.6 Å².